The molecule has 0 amide bonds. The lowest BCUT2D eigenvalue weighted by atomic mass is 10.3. The Morgan fingerprint density at radius 1 is 1.00 bits per heavy atom. The summed E-state index contributed by atoms with van der Waals surface area (Å²) in [5, 5.41) is 0.922. The molecule has 0 saturated carbocycles. The molecule has 4 rings (SSSR count). The fraction of sp³-hybridized carbons (Fsp3) is 0.118. The third-order valence-corrected chi connectivity index (χ3v) is 4.57. The lowest BCUT2D eigenvalue weighted by molar-refractivity contribution is 0.778. The summed E-state index contributed by atoms with van der Waals surface area (Å²) in [4.78, 5) is 13.6. The van der Waals surface area contributed by atoms with Crippen molar-refractivity contribution in [3.05, 3.63) is 66.7 Å². The summed E-state index contributed by atoms with van der Waals surface area (Å²) in [5.74, 6) is 1.64. The van der Waals surface area contributed by atoms with Gasteiger partial charge in [-0.05, 0) is 24.3 Å². The van der Waals surface area contributed by atoms with Crippen LogP contribution in [0.25, 0.3) is 17.0 Å². The highest BCUT2D eigenvalue weighted by atomic mass is 32.2. The summed E-state index contributed by atoms with van der Waals surface area (Å²) in [7, 11) is 1.99. The van der Waals surface area contributed by atoms with Gasteiger partial charge in [0.25, 0.3) is 0 Å². The Bertz CT molecular complexity index is 942. The van der Waals surface area contributed by atoms with Gasteiger partial charge in [0, 0.05) is 31.4 Å². The monoisotopic (exact) mass is 321 g/mol. The number of thioether (sulfide) groups is 1. The van der Waals surface area contributed by atoms with Crippen molar-refractivity contribution in [1.29, 1.82) is 0 Å². The Hall–Kier alpha value is -2.60. The van der Waals surface area contributed by atoms with Crippen molar-refractivity contribution in [3.8, 4) is 5.95 Å². The lowest BCUT2D eigenvalue weighted by Crippen LogP contribution is -2.04. The van der Waals surface area contributed by atoms with E-state index in [2.05, 4.69) is 20.6 Å². The van der Waals surface area contributed by atoms with Gasteiger partial charge in [0.1, 0.15) is 0 Å². The number of nitrogens with zero attached hydrogens (tertiary/aromatic N) is 5. The van der Waals surface area contributed by atoms with E-state index in [1.54, 1.807) is 18.0 Å². The summed E-state index contributed by atoms with van der Waals surface area (Å²) in [5.41, 5.74) is 3.07. The molecule has 0 aliphatic rings. The van der Waals surface area contributed by atoms with Crippen LogP contribution < -0.4 is 0 Å². The fourth-order valence-corrected chi connectivity index (χ4v) is 3.41. The first-order valence-electron chi connectivity index (χ1n) is 7.31. The zero-order valence-corrected chi connectivity index (χ0v) is 13.4. The van der Waals surface area contributed by atoms with Gasteiger partial charge >= 0.3 is 0 Å². The quantitative estimate of drug-likeness (QED) is 0.540. The standard InChI is InChI=1S/C17H15N5S/c1-21-11-10-19-16(21)22-15-8-3-2-7-14(15)20-17(22)23-12-13-6-4-5-9-18-13/h2-11H,12H2,1H3. The number of hydrogen-bond donors (Lipinski definition) is 0. The molecule has 0 N–H and O–H groups in total. The second-order valence-electron chi connectivity index (χ2n) is 5.17. The van der Waals surface area contributed by atoms with E-state index in [9.17, 15) is 0 Å². The predicted octanol–water partition coefficient (Wildman–Crippen LogP) is 3.45. The number of fused-ring (bicyclic) bond motifs is 1. The Morgan fingerprint density at radius 3 is 2.65 bits per heavy atom. The molecular formula is C17H15N5S. The molecule has 23 heavy (non-hydrogen) atoms. The smallest absolute Gasteiger partial charge is 0.216 e. The minimum Gasteiger partial charge on any atom is -0.320 e. The zero-order chi connectivity index (χ0) is 15.6. The highest BCUT2D eigenvalue weighted by Crippen LogP contribution is 2.28. The van der Waals surface area contributed by atoms with Crippen LogP contribution in [0.3, 0.4) is 0 Å². The van der Waals surface area contributed by atoms with Crippen molar-refractivity contribution in [2.45, 2.75) is 10.9 Å². The molecule has 4 aromatic rings. The lowest BCUT2D eigenvalue weighted by Gasteiger charge is -2.08. The van der Waals surface area contributed by atoms with Crippen molar-refractivity contribution >= 4 is 22.8 Å². The minimum absolute atomic E-state index is 0.772. The van der Waals surface area contributed by atoms with Crippen molar-refractivity contribution in [1.82, 2.24) is 24.1 Å². The highest BCUT2D eigenvalue weighted by Gasteiger charge is 2.15. The first-order chi connectivity index (χ1) is 11.3. The number of aromatic nitrogens is 5. The maximum absolute atomic E-state index is 4.77. The number of aryl methyl sites for hydroxylation is 1. The Kier molecular flexibility index (Phi) is 3.59. The first-order valence-corrected chi connectivity index (χ1v) is 8.29. The maximum atomic E-state index is 4.77. The zero-order valence-electron chi connectivity index (χ0n) is 12.6. The predicted molar refractivity (Wildman–Crippen MR) is 91.6 cm³/mol. The van der Waals surface area contributed by atoms with E-state index in [4.69, 9.17) is 4.98 Å². The molecule has 0 saturated heterocycles. The van der Waals surface area contributed by atoms with Crippen LogP contribution in [-0.2, 0) is 12.8 Å². The normalized spacial score (nSPS) is 11.2. The van der Waals surface area contributed by atoms with Crippen molar-refractivity contribution in [3.63, 3.8) is 0 Å². The Morgan fingerprint density at radius 2 is 1.87 bits per heavy atom. The SMILES string of the molecule is Cn1ccnc1-n1c(SCc2ccccn2)nc2ccccc21. The summed E-state index contributed by atoms with van der Waals surface area (Å²) < 4.78 is 4.10. The van der Waals surface area contributed by atoms with Gasteiger partial charge in [0.05, 0.1) is 16.7 Å². The Labute approximate surface area is 138 Å². The van der Waals surface area contributed by atoms with E-state index >= 15 is 0 Å². The molecule has 0 aliphatic heterocycles. The van der Waals surface area contributed by atoms with Gasteiger partial charge in [-0.25, -0.2) is 9.97 Å². The minimum atomic E-state index is 0.772. The van der Waals surface area contributed by atoms with E-state index in [-0.39, 0.29) is 0 Å². The molecule has 0 atom stereocenters. The first kappa shape index (κ1) is 14.0. The second kappa shape index (κ2) is 5.89. The van der Waals surface area contributed by atoms with Gasteiger partial charge in [-0.1, -0.05) is 30.0 Å². The van der Waals surface area contributed by atoms with Gasteiger partial charge in [0.15, 0.2) is 5.16 Å². The molecule has 0 aliphatic carbocycles. The van der Waals surface area contributed by atoms with Crippen LogP contribution in [0.5, 0.6) is 0 Å². The van der Waals surface area contributed by atoms with Crippen LogP contribution >= 0.6 is 11.8 Å². The van der Waals surface area contributed by atoms with E-state index in [1.165, 1.54) is 0 Å². The van der Waals surface area contributed by atoms with Crippen LogP contribution in [0.1, 0.15) is 5.69 Å². The maximum Gasteiger partial charge on any atom is 0.216 e. The molecular weight excluding hydrogens is 306 g/mol. The van der Waals surface area contributed by atoms with Crippen molar-refractivity contribution in [2.75, 3.05) is 0 Å². The van der Waals surface area contributed by atoms with E-state index in [0.717, 1.165) is 33.6 Å². The van der Waals surface area contributed by atoms with Crippen LogP contribution in [0.2, 0.25) is 0 Å². The molecule has 3 aromatic heterocycles. The van der Waals surface area contributed by atoms with E-state index in [1.807, 2.05) is 60.4 Å². The third-order valence-electron chi connectivity index (χ3n) is 3.60. The van der Waals surface area contributed by atoms with Crippen LogP contribution in [0.15, 0.2) is 66.2 Å². The largest absolute Gasteiger partial charge is 0.320 e. The molecule has 1 aromatic carbocycles. The Balaban J connectivity index is 1.78. The topological polar surface area (TPSA) is 48.5 Å². The van der Waals surface area contributed by atoms with Gasteiger partial charge in [-0.3, -0.25) is 9.55 Å². The third kappa shape index (κ3) is 2.61. The number of imidazole rings is 2. The number of para-hydroxylation sites is 2. The number of rotatable bonds is 4. The van der Waals surface area contributed by atoms with Crippen LogP contribution in [-0.4, -0.2) is 24.1 Å². The molecule has 0 bridgehead atoms. The number of benzene rings is 1. The van der Waals surface area contributed by atoms with Gasteiger partial charge in [0.2, 0.25) is 5.95 Å². The van der Waals surface area contributed by atoms with Gasteiger partial charge in [-0.2, -0.15) is 0 Å². The van der Waals surface area contributed by atoms with E-state index in [0.29, 0.717) is 0 Å². The molecule has 0 radical (unpaired) electrons. The van der Waals surface area contributed by atoms with Gasteiger partial charge < -0.3 is 4.57 Å². The summed E-state index contributed by atoms with van der Waals surface area (Å²) in [6, 6.07) is 14.1. The van der Waals surface area contributed by atoms with Crippen molar-refractivity contribution < 1.29 is 0 Å². The second-order valence-corrected chi connectivity index (χ2v) is 6.11. The number of hydrogen-bond acceptors (Lipinski definition) is 4. The molecule has 0 spiro atoms. The van der Waals surface area contributed by atoms with Crippen LogP contribution in [0.4, 0.5) is 0 Å². The highest BCUT2D eigenvalue weighted by molar-refractivity contribution is 7.98. The summed E-state index contributed by atoms with van der Waals surface area (Å²) in [6.45, 7) is 0. The molecule has 3 heterocycles. The van der Waals surface area contributed by atoms with E-state index < -0.39 is 0 Å². The summed E-state index contributed by atoms with van der Waals surface area (Å²) in [6.07, 6.45) is 5.56. The molecule has 5 nitrogen and oxygen atoms in total. The fourth-order valence-electron chi connectivity index (χ4n) is 2.49. The number of pyridine rings is 1. The van der Waals surface area contributed by atoms with Crippen molar-refractivity contribution in [2.24, 2.45) is 7.05 Å². The molecule has 0 unspecified atom stereocenters. The average Bonchev–Trinajstić information content (AvgIpc) is 3.16. The van der Waals surface area contributed by atoms with Gasteiger partial charge in [-0.15, -0.1) is 0 Å². The summed E-state index contributed by atoms with van der Waals surface area (Å²) >= 11 is 1.67. The molecule has 6 heteroatoms. The molecule has 0 fully saturated rings. The van der Waals surface area contributed by atoms with Crippen LogP contribution in [0, 0.1) is 0 Å². The average molecular weight is 321 g/mol. The molecule has 114 valence electrons.